The summed E-state index contributed by atoms with van der Waals surface area (Å²) in [4.78, 5) is 0. The Hall–Kier alpha value is -0.340. The lowest BCUT2D eigenvalue weighted by Gasteiger charge is -2.16. The molecule has 0 aromatic rings. The van der Waals surface area contributed by atoms with E-state index in [1.54, 1.807) is 19.1 Å². The van der Waals surface area contributed by atoms with Gasteiger partial charge in [0, 0.05) is 13.0 Å². The van der Waals surface area contributed by atoms with Crippen LogP contribution in [0.1, 0.15) is 20.3 Å². The van der Waals surface area contributed by atoms with Crippen LogP contribution < -0.4 is 0 Å². The second kappa shape index (κ2) is 3.64. The second-order valence-electron chi connectivity index (χ2n) is 2.33. The van der Waals surface area contributed by atoms with Gasteiger partial charge in [0.25, 0.3) is 0 Å². The third kappa shape index (κ3) is 4.18. The Labute approximate surface area is 55.8 Å². The van der Waals surface area contributed by atoms with E-state index in [-0.39, 0.29) is 6.61 Å². The van der Waals surface area contributed by atoms with Crippen LogP contribution in [0.25, 0.3) is 0 Å². The van der Waals surface area contributed by atoms with Gasteiger partial charge < -0.3 is 10.2 Å². The fourth-order valence-corrected chi connectivity index (χ4v) is 0.669. The van der Waals surface area contributed by atoms with Crippen molar-refractivity contribution in [2.24, 2.45) is 0 Å². The van der Waals surface area contributed by atoms with E-state index in [9.17, 15) is 5.11 Å². The van der Waals surface area contributed by atoms with Gasteiger partial charge in [-0.15, -0.1) is 0 Å². The van der Waals surface area contributed by atoms with Gasteiger partial charge in [-0.1, -0.05) is 12.2 Å². The van der Waals surface area contributed by atoms with Crippen molar-refractivity contribution in [1.29, 1.82) is 0 Å². The number of aliphatic hydroxyl groups excluding tert-OH is 1. The number of aliphatic hydroxyl groups is 2. The SMILES string of the molecule is C/C=C/C(C)(O)CCO. The average molecular weight is 130 g/mol. The van der Waals surface area contributed by atoms with Gasteiger partial charge in [-0.2, -0.15) is 0 Å². The largest absolute Gasteiger partial charge is 0.396 e. The Morgan fingerprint density at radius 3 is 2.44 bits per heavy atom. The van der Waals surface area contributed by atoms with Gasteiger partial charge in [0.05, 0.1) is 5.60 Å². The zero-order valence-electron chi connectivity index (χ0n) is 5.96. The van der Waals surface area contributed by atoms with Gasteiger partial charge in [0.15, 0.2) is 0 Å². The van der Waals surface area contributed by atoms with E-state index in [2.05, 4.69) is 0 Å². The summed E-state index contributed by atoms with van der Waals surface area (Å²) in [5.74, 6) is 0. The maximum absolute atomic E-state index is 9.27. The molecule has 1 atom stereocenters. The monoisotopic (exact) mass is 130 g/mol. The lowest BCUT2D eigenvalue weighted by Crippen LogP contribution is -2.21. The van der Waals surface area contributed by atoms with E-state index in [1.165, 1.54) is 0 Å². The highest BCUT2D eigenvalue weighted by Crippen LogP contribution is 2.09. The lowest BCUT2D eigenvalue weighted by atomic mass is 10.0. The first-order valence-electron chi connectivity index (χ1n) is 3.09. The number of rotatable bonds is 3. The first-order valence-corrected chi connectivity index (χ1v) is 3.09. The third-order valence-electron chi connectivity index (χ3n) is 1.14. The summed E-state index contributed by atoms with van der Waals surface area (Å²) < 4.78 is 0. The molecule has 1 unspecified atom stereocenters. The molecule has 0 aliphatic carbocycles. The number of hydrogen-bond donors (Lipinski definition) is 2. The van der Waals surface area contributed by atoms with Crippen LogP contribution in [0.5, 0.6) is 0 Å². The Morgan fingerprint density at radius 2 is 2.11 bits per heavy atom. The maximum atomic E-state index is 9.27. The molecular formula is C7H14O2. The van der Waals surface area contributed by atoms with E-state index in [1.807, 2.05) is 6.92 Å². The molecule has 0 bridgehead atoms. The molecule has 54 valence electrons. The van der Waals surface area contributed by atoms with Crippen LogP contribution in [0.15, 0.2) is 12.2 Å². The highest BCUT2D eigenvalue weighted by atomic mass is 16.3. The second-order valence-corrected chi connectivity index (χ2v) is 2.33. The zero-order chi connectivity index (χ0) is 7.33. The van der Waals surface area contributed by atoms with E-state index in [0.29, 0.717) is 6.42 Å². The standard InChI is InChI=1S/C7H14O2/c1-3-4-7(2,9)5-6-8/h3-4,8-9H,5-6H2,1-2H3/b4-3+. The van der Waals surface area contributed by atoms with Crippen molar-refractivity contribution < 1.29 is 10.2 Å². The van der Waals surface area contributed by atoms with Crippen molar-refractivity contribution in [3.8, 4) is 0 Å². The molecule has 9 heavy (non-hydrogen) atoms. The molecule has 0 radical (unpaired) electrons. The van der Waals surface area contributed by atoms with Crippen LogP contribution in [-0.2, 0) is 0 Å². The minimum atomic E-state index is -0.830. The minimum Gasteiger partial charge on any atom is -0.396 e. The number of allylic oxidation sites excluding steroid dienone is 1. The molecular weight excluding hydrogens is 116 g/mol. The molecule has 0 spiro atoms. The van der Waals surface area contributed by atoms with E-state index >= 15 is 0 Å². The molecule has 0 amide bonds. The van der Waals surface area contributed by atoms with E-state index < -0.39 is 5.60 Å². The average Bonchev–Trinajstić information content (AvgIpc) is 1.64. The van der Waals surface area contributed by atoms with Crippen LogP contribution in [0.4, 0.5) is 0 Å². The molecule has 2 N–H and O–H groups in total. The normalized spacial score (nSPS) is 18.2. The molecule has 0 aromatic heterocycles. The van der Waals surface area contributed by atoms with Gasteiger partial charge in [0.1, 0.15) is 0 Å². The Kier molecular flexibility index (Phi) is 3.50. The summed E-state index contributed by atoms with van der Waals surface area (Å²) >= 11 is 0. The summed E-state index contributed by atoms with van der Waals surface area (Å²) in [6, 6.07) is 0. The van der Waals surface area contributed by atoms with Crippen molar-refractivity contribution in [2.45, 2.75) is 25.9 Å². The topological polar surface area (TPSA) is 40.5 Å². The minimum absolute atomic E-state index is 0.0251. The first kappa shape index (κ1) is 8.66. The van der Waals surface area contributed by atoms with Gasteiger partial charge in [-0.25, -0.2) is 0 Å². The molecule has 2 nitrogen and oxygen atoms in total. The van der Waals surface area contributed by atoms with Crippen LogP contribution in [0.2, 0.25) is 0 Å². The Morgan fingerprint density at radius 1 is 1.56 bits per heavy atom. The van der Waals surface area contributed by atoms with Crippen molar-refractivity contribution in [3.63, 3.8) is 0 Å². The van der Waals surface area contributed by atoms with Crippen LogP contribution >= 0.6 is 0 Å². The highest BCUT2D eigenvalue weighted by molar-refractivity contribution is 4.95. The Balaban J connectivity index is 3.70. The van der Waals surface area contributed by atoms with Crippen LogP contribution in [0, 0.1) is 0 Å². The quantitative estimate of drug-likeness (QED) is 0.552. The van der Waals surface area contributed by atoms with Crippen molar-refractivity contribution >= 4 is 0 Å². The first-order chi connectivity index (χ1) is 4.12. The summed E-state index contributed by atoms with van der Waals surface area (Å²) in [6.07, 6.45) is 3.84. The molecule has 0 fully saturated rings. The van der Waals surface area contributed by atoms with E-state index in [4.69, 9.17) is 5.11 Å². The van der Waals surface area contributed by atoms with Crippen LogP contribution in [-0.4, -0.2) is 22.4 Å². The van der Waals surface area contributed by atoms with Gasteiger partial charge >= 0.3 is 0 Å². The maximum Gasteiger partial charge on any atom is 0.0821 e. The lowest BCUT2D eigenvalue weighted by molar-refractivity contribution is 0.0787. The summed E-state index contributed by atoms with van der Waals surface area (Å²) in [6.45, 7) is 3.53. The predicted octanol–water partition coefficient (Wildman–Crippen LogP) is 0.696. The molecule has 0 heterocycles. The van der Waals surface area contributed by atoms with Gasteiger partial charge in [-0.3, -0.25) is 0 Å². The van der Waals surface area contributed by atoms with Gasteiger partial charge in [0.2, 0.25) is 0 Å². The van der Waals surface area contributed by atoms with Crippen LogP contribution in [0.3, 0.4) is 0 Å². The molecule has 0 rings (SSSR count). The predicted molar refractivity (Wildman–Crippen MR) is 37.1 cm³/mol. The van der Waals surface area contributed by atoms with Crippen molar-refractivity contribution in [1.82, 2.24) is 0 Å². The molecule has 0 saturated carbocycles. The Bertz CT molecular complexity index is 95.1. The smallest absolute Gasteiger partial charge is 0.0821 e. The molecule has 0 aliphatic heterocycles. The summed E-state index contributed by atoms with van der Waals surface area (Å²) in [7, 11) is 0. The molecule has 0 aromatic carbocycles. The molecule has 2 heteroatoms. The highest BCUT2D eigenvalue weighted by Gasteiger charge is 2.13. The fourth-order valence-electron chi connectivity index (χ4n) is 0.669. The van der Waals surface area contributed by atoms with Gasteiger partial charge in [-0.05, 0) is 13.8 Å². The van der Waals surface area contributed by atoms with Crippen molar-refractivity contribution in [3.05, 3.63) is 12.2 Å². The summed E-state index contributed by atoms with van der Waals surface area (Å²) in [5, 5.41) is 17.7. The number of hydrogen-bond acceptors (Lipinski definition) is 2. The summed E-state index contributed by atoms with van der Waals surface area (Å²) in [5.41, 5.74) is -0.830. The van der Waals surface area contributed by atoms with E-state index in [0.717, 1.165) is 0 Å². The van der Waals surface area contributed by atoms with Crippen molar-refractivity contribution in [2.75, 3.05) is 6.61 Å². The molecule has 0 aliphatic rings. The molecule has 0 saturated heterocycles. The zero-order valence-corrected chi connectivity index (χ0v) is 5.96. The third-order valence-corrected chi connectivity index (χ3v) is 1.14. The fraction of sp³-hybridized carbons (Fsp3) is 0.714.